The van der Waals surface area contributed by atoms with Gasteiger partial charge < -0.3 is 54.8 Å². The van der Waals surface area contributed by atoms with Crippen LogP contribution in [0.15, 0.2) is 9.98 Å². The van der Waals surface area contributed by atoms with Gasteiger partial charge in [0.15, 0.2) is 11.9 Å². The largest absolute Gasteiger partial charge is 0.481 e. The third-order valence-electron chi connectivity index (χ3n) is 5.12. The molecule has 4 unspecified atom stereocenters. The lowest BCUT2D eigenvalue weighted by Gasteiger charge is -2.24. The molecule has 15 N–H and O–H groups in total. The minimum Gasteiger partial charge on any atom is -0.481 e. The van der Waals surface area contributed by atoms with Crippen molar-refractivity contribution < 1.29 is 34.2 Å². The number of nitrogens with two attached hydrogens (primary N) is 5. The summed E-state index contributed by atoms with van der Waals surface area (Å²) in [6, 6.07) is -5.15. The summed E-state index contributed by atoms with van der Waals surface area (Å²) in [6.45, 7) is 0.368. The van der Waals surface area contributed by atoms with E-state index in [1.807, 2.05) is 0 Å². The molecule has 0 aromatic heterocycles. The molecule has 0 aromatic carbocycles. The zero-order valence-electron chi connectivity index (χ0n) is 21.8. The van der Waals surface area contributed by atoms with E-state index >= 15 is 0 Å². The van der Waals surface area contributed by atoms with Crippen molar-refractivity contribution >= 4 is 53.3 Å². The Kier molecular flexibility index (Phi) is 17.4. The number of hydrogen-bond acceptors (Lipinski definition) is 9. The molecule has 0 rings (SSSR count). The van der Waals surface area contributed by atoms with E-state index in [9.17, 15) is 34.2 Å². The molecule has 0 fully saturated rings. The van der Waals surface area contributed by atoms with E-state index in [0.717, 1.165) is 0 Å². The second kappa shape index (κ2) is 19.3. The van der Waals surface area contributed by atoms with Gasteiger partial charge in [-0.1, -0.05) is 0 Å². The highest BCUT2D eigenvalue weighted by Crippen LogP contribution is 2.06. The third-order valence-corrected chi connectivity index (χ3v) is 5.76. The number of aliphatic carboxylic acids is 2. The van der Waals surface area contributed by atoms with Crippen LogP contribution in [0, 0.1) is 0 Å². The number of rotatable bonds is 20. The number of carboxylic acids is 2. The number of amides is 3. The Labute approximate surface area is 230 Å². The van der Waals surface area contributed by atoms with Crippen molar-refractivity contribution in [2.45, 2.75) is 62.7 Å². The molecule has 3 amide bonds. The Hall–Kier alpha value is -3.80. The molecular weight excluding hydrogens is 536 g/mol. The molecule has 0 aromatic rings. The Bertz CT molecular complexity index is 894. The summed E-state index contributed by atoms with van der Waals surface area (Å²) in [4.78, 5) is 68.9. The quantitative estimate of drug-likeness (QED) is 0.0378. The second-order valence-corrected chi connectivity index (χ2v) is 9.39. The highest BCUT2D eigenvalue weighted by atomic mass is 32.2. The Morgan fingerprint density at radius 2 is 1.23 bits per heavy atom. The van der Waals surface area contributed by atoms with E-state index in [2.05, 4.69) is 25.9 Å². The fourth-order valence-corrected chi connectivity index (χ4v) is 3.59. The van der Waals surface area contributed by atoms with Crippen LogP contribution >= 0.6 is 11.8 Å². The van der Waals surface area contributed by atoms with Gasteiger partial charge in [-0.05, 0) is 44.1 Å². The molecule has 0 aliphatic rings. The Morgan fingerprint density at radius 3 is 1.72 bits per heavy atom. The molecule has 39 heavy (non-hydrogen) atoms. The first-order chi connectivity index (χ1) is 18.3. The molecular formula is C21H40N10O7S. The monoisotopic (exact) mass is 576 g/mol. The third kappa shape index (κ3) is 16.6. The van der Waals surface area contributed by atoms with E-state index in [1.165, 1.54) is 11.8 Å². The van der Waals surface area contributed by atoms with Gasteiger partial charge in [0, 0.05) is 13.1 Å². The minimum atomic E-state index is -1.61. The van der Waals surface area contributed by atoms with Crippen LogP contribution in [0.3, 0.4) is 0 Å². The van der Waals surface area contributed by atoms with Crippen LogP contribution in [-0.2, 0) is 24.0 Å². The molecule has 0 radical (unpaired) electrons. The van der Waals surface area contributed by atoms with Gasteiger partial charge in [0.25, 0.3) is 0 Å². The van der Waals surface area contributed by atoms with Crippen molar-refractivity contribution in [3.63, 3.8) is 0 Å². The normalized spacial score (nSPS) is 13.6. The standard InChI is InChI=1S/C21H40N10O7S/c1-39-9-6-13(19(37)38)30-18(36)14(10-15(32)33)31-17(35)12(5-3-8-28-21(25)26)29-16(34)11(22)4-2-7-27-20(23)24/h11-14H,2-10,22H2,1H3,(H,29,34)(H,30,36)(H,31,35)(H,32,33)(H,37,38)(H4,23,24,27)(H4,25,26,28). The van der Waals surface area contributed by atoms with Crippen molar-refractivity contribution in [1.29, 1.82) is 0 Å². The fourth-order valence-electron chi connectivity index (χ4n) is 3.12. The zero-order valence-corrected chi connectivity index (χ0v) is 22.6. The lowest BCUT2D eigenvalue weighted by Crippen LogP contribution is -2.57. The first-order valence-electron chi connectivity index (χ1n) is 12.0. The Balaban J connectivity index is 5.56. The van der Waals surface area contributed by atoms with E-state index in [1.54, 1.807) is 6.26 Å². The number of carbonyl (C=O) groups is 5. The smallest absolute Gasteiger partial charge is 0.326 e. The SMILES string of the molecule is CSCCC(NC(=O)C(CC(=O)O)NC(=O)C(CCCN=C(N)N)NC(=O)C(N)CCCN=C(N)N)C(=O)O. The number of nitrogens with one attached hydrogen (secondary N) is 3. The summed E-state index contributed by atoms with van der Waals surface area (Å²) >= 11 is 1.36. The van der Waals surface area contributed by atoms with Gasteiger partial charge in [-0.2, -0.15) is 11.8 Å². The second-order valence-electron chi connectivity index (χ2n) is 8.41. The molecule has 18 heteroatoms. The molecule has 0 aliphatic heterocycles. The van der Waals surface area contributed by atoms with Crippen molar-refractivity contribution in [3.05, 3.63) is 0 Å². The van der Waals surface area contributed by atoms with Crippen LogP contribution in [-0.4, -0.2) is 101 Å². The van der Waals surface area contributed by atoms with Gasteiger partial charge in [0.05, 0.1) is 12.5 Å². The van der Waals surface area contributed by atoms with Gasteiger partial charge in [-0.15, -0.1) is 0 Å². The van der Waals surface area contributed by atoms with E-state index in [4.69, 9.17) is 28.7 Å². The predicted octanol–water partition coefficient (Wildman–Crippen LogP) is -3.81. The first-order valence-corrected chi connectivity index (χ1v) is 13.4. The van der Waals surface area contributed by atoms with Crippen LogP contribution in [0.1, 0.15) is 38.5 Å². The first kappa shape index (κ1) is 35.2. The minimum absolute atomic E-state index is 0.0158. The fraction of sp³-hybridized carbons (Fsp3) is 0.667. The molecule has 0 saturated carbocycles. The van der Waals surface area contributed by atoms with Gasteiger partial charge in [0.1, 0.15) is 18.1 Å². The van der Waals surface area contributed by atoms with Gasteiger partial charge >= 0.3 is 11.9 Å². The van der Waals surface area contributed by atoms with Crippen LogP contribution in [0.2, 0.25) is 0 Å². The van der Waals surface area contributed by atoms with Crippen LogP contribution in [0.25, 0.3) is 0 Å². The zero-order chi connectivity index (χ0) is 30.0. The maximum Gasteiger partial charge on any atom is 0.326 e. The number of hydrogen-bond donors (Lipinski definition) is 10. The summed E-state index contributed by atoms with van der Waals surface area (Å²) in [5, 5.41) is 25.6. The maximum absolute atomic E-state index is 13.1. The van der Waals surface area contributed by atoms with Crippen molar-refractivity contribution in [2.75, 3.05) is 25.1 Å². The molecule has 0 aliphatic carbocycles. The van der Waals surface area contributed by atoms with Crippen molar-refractivity contribution in [1.82, 2.24) is 16.0 Å². The van der Waals surface area contributed by atoms with Crippen molar-refractivity contribution in [3.8, 4) is 0 Å². The van der Waals surface area contributed by atoms with E-state index in [0.29, 0.717) is 12.2 Å². The topological polar surface area (TPSA) is 317 Å². The molecule has 17 nitrogen and oxygen atoms in total. The summed E-state index contributed by atoms with van der Waals surface area (Å²) in [6.07, 6.45) is 1.85. The number of aliphatic imine (C=N–C) groups is 2. The highest BCUT2D eigenvalue weighted by molar-refractivity contribution is 7.98. The molecule has 222 valence electrons. The molecule has 0 bridgehead atoms. The molecule has 0 saturated heterocycles. The van der Waals surface area contributed by atoms with Crippen LogP contribution in [0.4, 0.5) is 0 Å². The van der Waals surface area contributed by atoms with Gasteiger partial charge in [-0.25, -0.2) is 4.79 Å². The summed E-state index contributed by atoms with van der Waals surface area (Å²) in [5.41, 5.74) is 27.0. The predicted molar refractivity (Wildman–Crippen MR) is 146 cm³/mol. The number of thioether (sulfide) groups is 1. The highest BCUT2D eigenvalue weighted by Gasteiger charge is 2.31. The number of carbonyl (C=O) groups excluding carboxylic acids is 3. The summed E-state index contributed by atoms with van der Waals surface area (Å²) in [5.74, 6) is -5.13. The van der Waals surface area contributed by atoms with Gasteiger partial charge in [-0.3, -0.25) is 29.2 Å². The summed E-state index contributed by atoms with van der Waals surface area (Å²) in [7, 11) is 0. The van der Waals surface area contributed by atoms with Crippen molar-refractivity contribution in [2.24, 2.45) is 38.7 Å². The molecule has 0 heterocycles. The van der Waals surface area contributed by atoms with Crippen LogP contribution < -0.4 is 44.6 Å². The maximum atomic E-state index is 13.1. The molecule has 4 atom stereocenters. The number of guanidine groups is 2. The van der Waals surface area contributed by atoms with E-state index < -0.39 is 60.2 Å². The number of carboxylic acid groups (broad SMARTS) is 2. The lowest BCUT2D eigenvalue weighted by atomic mass is 10.1. The van der Waals surface area contributed by atoms with Gasteiger partial charge in [0.2, 0.25) is 17.7 Å². The summed E-state index contributed by atoms with van der Waals surface area (Å²) < 4.78 is 0. The lowest BCUT2D eigenvalue weighted by molar-refractivity contribution is -0.143. The average molecular weight is 577 g/mol. The number of nitrogens with zero attached hydrogens (tertiary/aromatic N) is 2. The van der Waals surface area contributed by atoms with E-state index in [-0.39, 0.29) is 50.7 Å². The molecule has 0 spiro atoms. The average Bonchev–Trinajstić information content (AvgIpc) is 2.84. The van der Waals surface area contributed by atoms with Crippen LogP contribution in [0.5, 0.6) is 0 Å². The Morgan fingerprint density at radius 1 is 0.744 bits per heavy atom.